The molecular weight excluding hydrogens is 147 g/mol. The molecule has 46 valence electrons. The van der Waals surface area contributed by atoms with Crippen molar-refractivity contribution in [1.29, 1.82) is 0 Å². The van der Waals surface area contributed by atoms with Crippen LogP contribution in [0.2, 0.25) is 0 Å². The van der Waals surface area contributed by atoms with Gasteiger partial charge in [0.2, 0.25) is 0 Å². The quantitative estimate of drug-likeness (QED) is 0.600. The van der Waals surface area contributed by atoms with Crippen molar-refractivity contribution in [3.05, 3.63) is 0 Å². The first-order chi connectivity index (χ1) is 3.81. The number of hydrogen-bond acceptors (Lipinski definition) is 3. The number of hydrogen-bond donors (Lipinski definition) is 0. The molecule has 3 nitrogen and oxygen atoms in total. The van der Waals surface area contributed by atoms with Gasteiger partial charge in [-0.2, -0.15) is 0 Å². The van der Waals surface area contributed by atoms with Crippen molar-refractivity contribution < 1.29 is 28.7 Å². The third-order valence-corrected chi connectivity index (χ3v) is 1.03. The van der Waals surface area contributed by atoms with Crippen molar-refractivity contribution in [3.8, 4) is 0 Å². The molecule has 0 unspecified atom stereocenters. The second-order valence-corrected chi connectivity index (χ2v) is 1.81. The van der Waals surface area contributed by atoms with Crippen LogP contribution in [0.5, 0.6) is 0 Å². The molecule has 0 spiro atoms. The summed E-state index contributed by atoms with van der Waals surface area (Å²) in [4.78, 5) is 10.2. The van der Waals surface area contributed by atoms with Gasteiger partial charge in [0.25, 0.3) is 0 Å². The Morgan fingerprint density at radius 3 is 2.75 bits per heavy atom. The van der Waals surface area contributed by atoms with E-state index in [-0.39, 0.29) is 5.97 Å². The Balaban J connectivity index is 3.18. The Morgan fingerprint density at radius 2 is 2.38 bits per heavy atom. The van der Waals surface area contributed by atoms with Crippen molar-refractivity contribution in [1.82, 2.24) is 0 Å². The van der Waals surface area contributed by atoms with Crippen molar-refractivity contribution in [2.24, 2.45) is 0 Å². The summed E-state index contributed by atoms with van der Waals surface area (Å²) < 4.78 is 13.8. The summed E-state index contributed by atoms with van der Waals surface area (Å²) in [7, 11) is 0. The van der Waals surface area contributed by atoms with Crippen LogP contribution >= 0.6 is 0 Å². The fourth-order valence-electron chi connectivity index (χ4n) is 0.291. The third kappa shape index (κ3) is 4.03. The minimum atomic E-state index is -1.43. The van der Waals surface area contributed by atoms with E-state index in [4.69, 9.17) is 0 Å². The number of carbonyl (C=O) groups is 1. The van der Waals surface area contributed by atoms with Gasteiger partial charge < -0.3 is 0 Å². The van der Waals surface area contributed by atoms with Gasteiger partial charge in [-0.15, -0.1) is 0 Å². The van der Waals surface area contributed by atoms with Crippen LogP contribution in [0.25, 0.3) is 0 Å². The van der Waals surface area contributed by atoms with E-state index in [9.17, 15) is 8.47 Å². The molecule has 0 atom stereocenters. The maximum atomic E-state index is 10.2. The first kappa shape index (κ1) is 7.85. The predicted molar refractivity (Wildman–Crippen MR) is 21.7 cm³/mol. The molecule has 0 aliphatic heterocycles. The summed E-state index contributed by atoms with van der Waals surface area (Å²) in [5.74, 6) is -0.359. The normalized spacial score (nSPS) is 8.12. The van der Waals surface area contributed by atoms with Crippen LogP contribution in [0.4, 0.5) is 0 Å². The zero-order chi connectivity index (χ0) is 6.41. The summed E-state index contributed by atoms with van der Waals surface area (Å²) in [5, 5.41) is 0. The fourth-order valence-corrected chi connectivity index (χ4v) is 0.564. The fraction of sp³-hybridized carbons (Fsp3) is 0.750. The Hall–Kier alpha value is -0.146. The molecule has 0 aliphatic rings. The molecule has 4 heteroatoms. The molecule has 0 radical (unpaired) electrons. The molecule has 0 aliphatic carbocycles. The van der Waals surface area contributed by atoms with Gasteiger partial charge in [-0.05, 0) is 0 Å². The van der Waals surface area contributed by atoms with Crippen LogP contribution in [-0.2, 0) is 28.7 Å². The van der Waals surface area contributed by atoms with Gasteiger partial charge in [-0.1, -0.05) is 0 Å². The van der Waals surface area contributed by atoms with E-state index in [1.165, 1.54) is 0 Å². The molecule has 0 fully saturated rings. The van der Waals surface area contributed by atoms with Gasteiger partial charge in [0.15, 0.2) is 0 Å². The van der Waals surface area contributed by atoms with Gasteiger partial charge in [0, 0.05) is 0 Å². The molecule has 0 heterocycles. The third-order valence-electron chi connectivity index (χ3n) is 0.593. The minimum absolute atomic E-state index is 0.359. The molecule has 0 aromatic heterocycles. The van der Waals surface area contributed by atoms with Gasteiger partial charge in [0.05, 0.1) is 0 Å². The first-order valence-corrected chi connectivity index (χ1v) is 3.47. The number of carbonyl (C=O) groups excluding carboxylic acids is 1. The second kappa shape index (κ2) is 5.00. The van der Waals surface area contributed by atoms with Crippen LogP contribution in [0, 0.1) is 0 Å². The Bertz CT molecular complexity index is 91.3. The van der Waals surface area contributed by atoms with Crippen molar-refractivity contribution in [2.75, 3.05) is 0 Å². The van der Waals surface area contributed by atoms with E-state index in [2.05, 4.69) is 3.66 Å². The van der Waals surface area contributed by atoms with E-state index in [1.807, 2.05) is 6.92 Å². The second-order valence-electron chi connectivity index (χ2n) is 1.29. The standard InChI is InChI=1S/C4H8O2.O.V/c1-2-3-4(5)6;;/h2-3H2,1H3,(H,5,6);;/q;;+1/p-1. The zero-order valence-corrected chi connectivity index (χ0v) is 5.98. The van der Waals surface area contributed by atoms with Crippen molar-refractivity contribution in [2.45, 2.75) is 19.8 Å². The van der Waals surface area contributed by atoms with E-state index in [1.54, 1.807) is 0 Å². The summed E-state index contributed by atoms with van der Waals surface area (Å²) in [6, 6.07) is 0. The van der Waals surface area contributed by atoms with Crippen molar-refractivity contribution >= 4 is 5.97 Å². The zero-order valence-electron chi connectivity index (χ0n) is 4.59. The van der Waals surface area contributed by atoms with E-state index in [0.717, 1.165) is 6.42 Å². The number of rotatable bonds is 3. The van der Waals surface area contributed by atoms with Crippen LogP contribution in [0.3, 0.4) is 0 Å². The van der Waals surface area contributed by atoms with E-state index >= 15 is 0 Å². The molecule has 0 rings (SSSR count). The van der Waals surface area contributed by atoms with Crippen molar-refractivity contribution in [3.63, 3.8) is 0 Å². The predicted octanol–water partition coefficient (Wildman–Crippen LogP) is 0.673. The maximum absolute atomic E-state index is 10.2. The Kier molecular flexibility index (Phi) is 4.91. The van der Waals surface area contributed by atoms with Crippen LogP contribution < -0.4 is 0 Å². The first-order valence-electron chi connectivity index (χ1n) is 2.33. The van der Waals surface area contributed by atoms with Crippen LogP contribution in [-0.4, -0.2) is 5.97 Å². The Labute approximate surface area is 55.1 Å². The summed E-state index contributed by atoms with van der Waals surface area (Å²) >= 11 is -1.43. The van der Waals surface area contributed by atoms with Crippen LogP contribution in [0.1, 0.15) is 19.8 Å². The molecule has 8 heavy (non-hydrogen) atoms. The average molecular weight is 154 g/mol. The molecule has 0 aromatic carbocycles. The Morgan fingerprint density at radius 1 is 1.75 bits per heavy atom. The van der Waals surface area contributed by atoms with Gasteiger partial charge in [0.1, 0.15) is 0 Å². The summed E-state index contributed by atoms with van der Waals surface area (Å²) in [6.07, 6.45) is 1.12. The molecule has 0 aromatic rings. The van der Waals surface area contributed by atoms with Gasteiger partial charge >= 0.3 is 54.5 Å². The summed E-state index contributed by atoms with van der Waals surface area (Å²) in [6.45, 7) is 1.86. The van der Waals surface area contributed by atoms with Gasteiger partial charge in [-0.25, -0.2) is 0 Å². The molecule has 0 amide bonds. The topological polar surface area (TPSA) is 43.4 Å². The SMILES string of the molecule is CCCC(=O)[O][V]=[O]. The van der Waals surface area contributed by atoms with E-state index in [0.29, 0.717) is 6.42 Å². The van der Waals surface area contributed by atoms with Crippen LogP contribution in [0.15, 0.2) is 0 Å². The molecule has 0 N–H and O–H groups in total. The summed E-state index contributed by atoms with van der Waals surface area (Å²) in [5.41, 5.74) is 0. The molecule has 0 saturated carbocycles. The monoisotopic (exact) mass is 154 g/mol. The molecule has 0 bridgehead atoms. The van der Waals surface area contributed by atoms with E-state index < -0.39 is 16.6 Å². The molecule has 0 saturated heterocycles. The van der Waals surface area contributed by atoms with Gasteiger partial charge in [-0.3, -0.25) is 0 Å². The molecular formula is C4H7O3V. The average Bonchev–Trinajstić information content (AvgIpc) is 1.68.